The summed E-state index contributed by atoms with van der Waals surface area (Å²) in [6.45, 7) is 2.18. The van der Waals surface area contributed by atoms with Crippen LogP contribution in [0.5, 0.6) is 0 Å². The number of carbonyl (C=O) groups excluding carboxylic acids is 2. The van der Waals surface area contributed by atoms with E-state index in [9.17, 15) is 9.59 Å². The van der Waals surface area contributed by atoms with Crippen LogP contribution in [-0.2, 0) is 9.53 Å². The molecule has 1 amide bonds. The summed E-state index contributed by atoms with van der Waals surface area (Å²) >= 11 is 0. The highest BCUT2D eigenvalue weighted by atomic mass is 16.5. The molecule has 0 radical (unpaired) electrons. The highest BCUT2D eigenvalue weighted by molar-refractivity contribution is 5.92. The normalized spacial score (nSPS) is 9.67. The van der Waals surface area contributed by atoms with E-state index in [0.29, 0.717) is 23.5 Å². The van der Waals surface area contributed by atoms with E-state index in [4.69, 9.17) is 10.5 Å². The molecule has 0 unspecified atom stereocenters. The minimum absolute atomic E-state index is 0.124. The molecular weight excluding hydrogens is 234 g/mol. The van der Waals surface area contributed by atoms with Gasteiger partial charge in [0, 0.05) is 7.05 Å². The number of nitrogens with two attached hydrogens (primary N) is 1. The van der Waals surface area contributed by atoms with Crippen molar-refractivity contribution in [2.45, 2.75) is 6.92 Å². The number of nitrogen functional groups attached to an aromatic ring is 1. The van der Waals surface area contributed by atoms with Crippen molar-refractivity contribution in [2.24, 2.45) is 0 Å². The Kier molecular flexibility index (Phi) is 4.98. The van der Waals surface area contributed by atoms with Crippen LogP contribution in [0.15, 0.2) is 18.2 Å². The van der Waals surface area contributed by atoms with Crippen LogP contribution in [0.1, 0.15) is 17.3 Å². The number of ether oxygens (including phenoxy) is 1. The molecule has 1 rings (SSSR count). The van der Waals surface area contributed by atoms with Crippen molar-refractivity contribution >= 4 is 23.3 Å². The Morgan fingerprint density at radius 1 is 1.39 bits per heavy atom. The lowest BCUT2D eigenvalue weighted by Crippen LogP contribution is -2.26. The van der Waals surface area contributed by atoms with Gasteiger partial charge in [-0.05, 0) is 25.1 Å². The third-order valence-electron chi connectivity index (χ3n) is 2.28. The number of anilines is 2. The molecule has 0 aliphatic carbocycles. The number of nitrogens with one attached hydrogen (secondary N) is 2. The largest absolute Gasteiger partial charge is 0.462 e. The third kappa shape index (κ3) is 3.65. The van der Waals surface area contributed by atoms with Crippen molar-refractivity contribution in [1.29, 1.82) is 0 Å². The van der Waals surface area contributed by atoms with Crippen LogP contribution < -0.4 is 16.4 Å². The molecule has 98 valence electrons. The Bertz CT molecular complexity index is 446. The molecule has 0 bridgehead atoms. The molecule has 0 heterocycles. The maximum Gasteiger partial charge on any atom is 0.338 e. The molecule has 4 N–H and O–H groups in total. The molecule has 0 aliphatic rings. The van der Waals surface area contributed by atoms with Crippen LogP contribution in [0.4, 0.5) is 11.4 Å². The first-order valence-electron chi connectivity index (χ1n) is 5.59. The lowest BCUT2D eigenvalue weighted by molar-refractivity contribution is -0.118. The second-order valence-electron chi connectivity index (χ2n) is 3.55. The minimum Gasteiger partial charge on any atom is -0.462 e. The van der Waals surface area contributed by atoms with Crippen LogP contribution in [0.3, 0.4) is 0 Å². The Morgan fingerprint density at radius 2 is 2.11 bits per heavy atom. The van der Waals surface area contributed by atoms with E-state index < -0.39 is 5.97 Å². The molecule has 0 aromatic heterocycles. The van der Waals surface area contributed by atoms with E-state index in [-0.39, 0.29) is 12.5 Å². The number of hydrogen-bond acceptors (Lipinski definition) is 5. The molecule has 0 fully saturated rings. The molecule has 0 spiro atoms. The van der Waals surface area contributed by atoms with Gasteiger partial charge in [0.05, 0.1) is 30.1 Å². The summed E-state index contributed by atoms with van der Waals surface area (Å²) in [6, 6.07) is 4.76. The zero-order valence-corrected chi connectivity index (χ0v) is 10.4. The van der Waals surface area contributed by atoms with Gasteiger partial charge in [-0.15, -0.1) is 0 Å². The van der Waals surface area contributed by atoms with Crippen molar-refractivity contribution in [3.63, 3.8) is 0 Å². The van der Waals surface area contributed by atoms with Gasteiger partial charge in [0.25, 0.3) is 0 Å². The number of benzene rings is 1. The van der Waals surface area contributed by atoms with Gasteiger partial charge in [-0.25, -0.2) is 4.79 Å². The molecule has 6 heteroatoms. The summed E-state index contributed by atoms with van der Waals surface area (Å²) in [5.74, 6) is -0.564. The lowest BCUT2D eigenvalue weighted by atomic mass is 10.1. The minimum atomic E-state index is -0.415. The average Bonchev–Trinajstić information content (AvgIpc) is 2.37. The first kappa shape index (κ1) is 13.8. The van der Waals surface area contributed by atoms with Crippen LogP contribution in [0.25, 0.3) is 0 Å². The smallest absolute Gasteiger partial charge is 0.338 e. The Morgan fingerprint density at radius 3 is 2.67 bits per heavy atom. The zero-order valence-electron chi connectivity index (χ0n) is 10.4. The Labute approximate surface area is 105 Å². The van der Waals surface area contributed by atoms with Gasteiger partial charge < -0.3 is 21.1 Å². The number of carbonyl (C=O) groups is 2. The van der Waals surface area contributed by atoms with Gasteiger partial charge >= 0.3 is 5.97 Å². The first-order valence-corrected chi connectivity index (χ1v) is 5.59. The predicted molar refractivity (Wildman–Crippen MR) is 69.4 cm³/mol. The van der Waals surface area contributed by atoms with Gasteiger partial charge in [0.15, 0.2) is 0 Å². The topological polar surface area (TPSA) is 93.4 Å². The molecule has 0 saturated carbocycles. The van der Waals surface area contributed by atoms with Gasteiger partial charge in [0.2, 0.25) is 5.91 Å². The zero-order chi connectivity index (χ0) is 13.5. The second kappa shape index (κ2) is 6.48. The fourth-order valence-corrected chi connectivity index (χ4v) is 1.33. The van der Waals surface area contributed by atoms with Crippen molar-refractivity contribution < 1.29 is 14.3 Å². The van der Waals surface area contributed by atoms with Crippen molar-refractivity contribution in [3.05, 3.63) is 23.8 Å². The summed E-state index contributed by atoms with van der Waals surface area (Å²) < 4.78 is 4.86. The molecule has 0 aliphatic heterocycles. The van der Waals surface area contributed by atoms with E-state index in [2.05, 4.69) is 10.6 Å². The quantitative estimate of drug-likeness (QED) is 0.526. The molecule has 18 heavy (non-hydrogen) atoms. The van der Waals surface area contributed by atoms with Crippen molar-refractivity contribution in [1.82, 2.24) is 5.32 Å². The second-order valence-corrected chi connectivity index (χ2v) is 3.55. The maximum atomic E-state index is 11.5. The number of rotatable bonds is 5. The lowest BCUT2D eigenvalue weighted by Gasteiger charge is -2.10. The monoisotopic (exact) mass is 251 g/mol. The number of hydrogen-bond donors (Lipinski definition) is 3. The molecule has 1 aromatic carbocycles. The summed E-state index contributed by atoms with van der Waals surface area (Å²) in [4.78, 5) is 22.5. The Hall–Kier alpha value is -2.24. The van der Waals surface area contributed by atoms with Gasteiger partial charge in [-0.1, -0.05) is 0 Å². The highest BCUT2D eigenvalue weighted by Gasteiger charge is 2.09. The fraction of sp³-hybridized carbons (Fsp3) is 0.333. The van der Waals surface area contributed by atoms with E-state index >= 15 is 0 Å². The van der Waals surface area contributed by atoms with Gasteiger partial charge in [-0.3, -0.25) is 4.79 Å². The molecule has 0 atom stereocenters. The maximum absolute atomic E-state index is 11.5. The summed E-state index contributed by atoms with van der Waals surface area (Å²) in [5.41, 5.74) is 7.17. The first-order chi connectivity index (χ1) is 8.58. The number of esters is 1. The fourth-order valence-electron chi connectivity index (χ4n) is 1.33. The number of likely N-dealkylation sites (N-methyl/N-ethyl adjacent to an activating group) is 1. The SMILES string of the molecule is CCOC(=O)c1ccc(NCC(=O)NC)c(N)c1. The molecular formula is C12H17N3O3. The Balaban J connectivity index is 2.73. The summed E-state index contributed by atoms with van der Waals surface area (Å²) in [6.07, 6.45) is 0. The molecule has 1 aromatic rings. The highest BCUT2D eigenvalue weighted by Crippen LogP contribution is 2.20. The molecule has 0 saturated heterocycles. The summed E-state index contributed by atoms with van der Waals surface area (Å²) in [5, 5.41) is 5.36. The van der Waals surface area contributed by atoms with E-state index in [1.54, 1.807) is 26.1 Å². The van der Waals surface area contributed by atoms with Gasteiger partial charge in [0.1, 0.15) is 0 Å². The standard InChI is InChI=1S/C12H17N3O3/c1-3-18-12(17)8-4-5-10(9(13)6-8)15-7-11(16)14-2/h4-6,15H,3,7,13H2,1-2H3,(H,14,16). The van der Waals surface area contributed by atoms with E-state index in [1.165, 1.54) is 6.07 Å². The van der Waals surface area contributed by atoms with Crippen LogP contribution in [0.2, 0.25) is 0 Å². The summed E-state index contributed by atoms with van der Waals surface area (Å²) in [7, 11) is 1.55. The van der Waals surface area contributed by atoms with E-state index in [0.717, 1.165) is 0 Å². The van der Waals surface area contributed by atoms with Crippen LogP contribution in [0, 0.1) is 0 Å². The van der Waals surface area contributed by atoms with Crippen LogP contribution in [-0.4, -0.2) is 32.1 Å². The predicted octanol–water partition coefficient (Wildman–Crippen LogP) is 0.603. The van der Waals surface area contributed by atoms with E-state index in [1.807, 2.05) is 0 Å². The number of amides is 1. The van der Waals surface area contributed by atoms with Crippen molar-refractivity contribution in [2.75, 3.05) is 31.2 Å². The average molecular weight is 251 g/mol. The van der Waals surface area contributed by atoms with Gasteiger partial charge in [-0.2, -0.15) is 0 Å². The molecule has 6 nitrogen and oxygen atoms in total. The van der Waals surface area contributed by atoms with Crippen molar-refractivity contribution in [3.8, 4) is 0 Å². The third-order valence-corrected chi connectivity index (χ3v) is 2.28. The van der Waals surface area contributed by atoms with Crippen LogP contribution >= 0.6 is 0 Å².